The zero-order valence-electron chi connectivity index (χ0n) is 15.3. The van der Waals surface area contributed by atoms with Crippen molar-refractivity contribution < 1.29 is 9.53 Å². The number of nitrogens with zero attached hydrogens (tertiary/aromatic N) is 2. The van der Waals surface area contributed by atoms with Crippen LogP contribution in [0, 0.1) is 5.92 Å². The number of carbonyl (C=O) groups is 1. The predicted molar refractivity (Wildman–Crippen MR) is 107 cm³/mol. The number of anilines is 1. The van der Waals surface area contributed by atoms with Gasteiger partial charge in [0.05, 0.1) is 28.0 Å². The Morgan fingerprint density at radius 3 is 2.77 bits per heavy atom. The minimum absolute atomic E-state index is 0.245. The highest BCUT2D eigenvalue weighted by Gasteiger charge is 2.25. The van der Waals surface area contributed by atoms with E-state index < -0.39 is 0 Å². The smallest absolute Gasteiger partial charge is 0.144 e. The maximum absolute atomic E-state index is 11.0. The normalized spacial score (nSPS) is 23.2. The summed E-state index contributed by atoms with van der Waals surface area (Å²) in [7, 11) is 1.72. The fourth-order valence-corrected chi connectivity index (χ4v) is 5.06. The molecule has 0 atom stereocenters. The Kier molecular flexibility index (Phi) is 4.81. The summed E-state index contributed by atoms with van der Waals surface area (Å²) in [6.07, 6.45) is 11.6. The molecule has 1 saturated carbocycles. The number of ether oxygens (including phenoxy) is 1. The number of rotatable bonds is 4. The van der Waals surface area contributed by atoms with Gasteiger partial charge in [0.15, 0.2) is 0 Å². The second-order valence-corrected chi connectivity index (χ2v) is 8.20. The van der Waals surface area contributed by atoms with Crippen LogP contribution in [-0.4, -0.2) is 24.9 Å². The van der Waals surface area contributed by atoms with Crippen LogP contribution in [0.2, 0.25) is 0 Å². The first kappa shape index (κ1) is 17.3. The van der Waals surface area contributed by atoms with Gasteiger partial charge in [-0.2, -0.15) is 0 Å². The molecule has 4 nitrogen and oxygen atoms in total. The molecule has 4 rings (SSSR count). The topological polar surface area (TPSA) is 42.4 Å². The Balaban J connectivity index is 1.67. The lowest BCUT2D eigenvalue weighted by Crippen LogP contribution is -2.23. The number of fused-ring (bicyclic) bond motifs is 1. The van der Waals surface area contributed by atoms with Crippen LogP contribution in [0.15, 0.2) is 36.1 Å². The minimum atomic E-state index is 0.245. The van der Waals surface area contributed by atoms with E-state index in [2.05, 4.69) is 42.2 Å². The van der Waals surface area contributed by atoms with E-state index in [-0.39, 0.29) is 5.92 Å². The molecule has 1 aromatic heterocycles. The number of aromatic nitrogens is 1. The monoisotopic (exact) mass is 368 g/mol. The third-order valence-corrected chi connectivity index (χ3v) is 6.68. The number of hydrogen-bond donors (Lipinski definition) is 0. The van der Waals surface area contributed by atoms with Gasteiger partial charge in [-0.3, -0.25) is 0 Å². The van der Waals surface area contributed by atoms with Gasteiger partial charge >= 0.3 is 0 Å². The van der Waals surface area contributed by atoms with Crippen LogP contribution in [0.4, 0.5) is 5.69 Å². The van der Waals surface area contributed by atoms with E-state index in [4.69, 9.17) is 9.72 Å². The first-order chi connectivity index (χ1) is 12.7. The number of benzene rings is 1. The van der Waals surface area contributed by atoms with Crippen molar-refractivity contribution in [2.45, 2.75) is 38.5 Å². The summed E-state index contributed by atoms with van der Waals surface area (Å²) in [6.45, 7) is 2.97. The molecule has 26 heavy (non-hydrogen) atoms. The average molecular weight is 369 g/mol. The van der Waals surface area contributed by atoms with Crippen LogP contribution in [-0.2, 0) is 4.79 Å². The second kappa shape index (κ2) is 7.23. The molecule has 0 spiro atoms. The molecule has 136 valence electrons. The molecular weight excluding hydrogens is 344 g/mol. The number of carbonyl (C=O) groups excluding carboxylic acids is 1. The van der Waals surface area contributed by atoms with Crippen molar-refractivity contribution in [2.75, 3.05) is 18.6 Å². The van der Waals surface area contributed by atoms with Gasteiger partial charge in [-0.25, -0.2) is 4.98 Å². The lowest BCUT2D eigenvalue weighted by molar-refractivity contribution is -0.111. The van der Waals surface area contributed by atoms with Crippen molar-refractivity contribution in [3.05, 3.63) is 41.1 Å². The molecular formula is C21H24N2O2S. The number of hydrogen-bond acceptors (Lipinski definition) is 5. The number of allylic oxidation sites excluding steroid dienone is 3. The molecule has 2 heterocycles. The van der Waals surface area contributed by atoms with Crippen LogP contribution in [0.25, 0.3) is 10.2 Å². The van der Waals surface area contributed by atoms with E-state index in [1.54, 1.807) is 18.4 Å². The quantitative estimate of drug-likeness (QED) is 0.708. The summed E-state index contributed by atoms with van der Waals surface area (Å²) in [4.78, 5) is 18.2. The molecule has 0 N–H and O–H groups in total. The van der Waals surface area contributed by atoms with Gasteiger partial charge in [-0.05, 0) is 44.7 Å². The second-order valence-electron chi connectivity index (χ2n) is 7.14. The Morgan fingerprint density at radius 2 is 2.08 bits per heavy atom. The lowest BCUT2D eigenvalue weighted by atomic mass is 9.83. The first-order valence-electron chi connectivity index (χ1n) is 9.24. The molecule has 0 bridgehead atoms. The van der Waals surface area contributed by atoms with Crippen LogP contribution < -0.4 is 9.64 Å². The van der Waals surface area contributed by atoms with Gasteiger partial charge < -0.3 is 14.4 Å². The van der Waals surface area contributed by atoms with Gasteiger partial charge in [0, 0.05) is 30.1 Å². The van der Waals surface area contributed by atoms with E-state index >= 15 is 0 Å². The molecule has 0 unspecified atom stereocenters. The lowest BCUT2D eigenvalue weighted by Gasteiger charge is -2.27. The molecule has 2 aromatic rings. The summed E-state index contributed by atoms with van der Waals surface area (Å²) in [5.74, 6) is 1.59. The van der Waals surface area contributed by atoms with Gasteiger partial charge in [-0.15, -0.1) is 11.3 Å². The first-order valence-corrected chi connectivity index (χ1v) is 10.1. The predicted octanol–water partition coefficient (Wildman–Crippen LogP) is 5.06. The Labute approximate surface area is 158 Å². The van der Waals surface area contributed by atoms with Crippen LogP contribution in [0.5, 0.6) is 5.75 Å². The average Bonchev–Trinajstić information content (AvgIpc) is 3.10. The highest BCUT2D eigenvalue weighted by atomic mass is 32.1. The highest BCUT2D eigenvalue weighted by molar-refractivity contribution is 7.18. The SMILES string of the molecule is COc1cc2nc(C3CCC(C=O)CC3)sc2cc1N1CC=CC=C1C. The molecule has 1 aliphatic heterocycles. The van der Waals surface area contributed by atoms with Crippen LogP contribution in [0.1, 0.15) is 43.5 Å². The molecule has 1 fully saturated rings. The molecule has 0 saturated heterocycles. The number of aldehydes is 1. The van der Waals surface area contributed by atoms with Crippen molar-refractivity contribution >= 4 is 33.5 Å². The van der Waals surface area contributed by atoms with E-state index in [1.807, 2.05) is 0 Å². The van der Waals surface area contributed by atoms with Crippen molar-refractivity contribution in [3.8, 4) is 5.75 Å². The van der Waals surface area contributed by atoms with E-state index in [0.717, 1.165) is 55.5 Å². The van der Waals surface area contributed by atoms with Crippen molar-refractivity contribution in [1.29, 1.82) is 0 Å². The molecule has 2 aliphatic rings. The van der Waals surface area contributed by atoms with Crippen molar-refractivity contribution in [2.24, 2.45) is 5.92 Å². The third kappa shape index (κ3) is 3.16. The summed E-state index contributed by atoms with van der Waals surface area (Å²) in [5.41, 5.74) is 3.32. The largest absolute Gasteiger partial charge is 0.494 e. The Morgan fingerprint density at radius 1 is 1.27 bits per heavy atom. The minimum Gasteiger partial charge on any atom is -0.494 e. The molecule has 0 amide bonds. The van der Waals surface area contributed by atoms with Gasteiger partial charge in [0.25, 0.3) is 0 Å². The molecule has 0 radical (unpaired) electrons. The van der Waals surface area contributed by atoms with Gasteiger partial charge in [0.1, 0.15) is 12.0 Å². The van der Waals surface area contributed by atoms with Crippen LogP contribution in [0.3, 0.4) is 0 Å². The Bertz CT molecular complexity index is 876. The van der Waals surface area contributed by atoms with Crippen molar-refractivity contribution in [1.82, 2.24) is 4.98 Å². The summed E-state index contributed by atoms with van der Waals surface area (Å²) < 4.78 is 6.88. The standard InChI is InChI=1S/C21H24N2O2S/c1-14-5-3-4-10-23(14)18-12-20-17(11-19(18)25-2)22-21(26-20)16-8-6-15(13-24)7-9-16/h3-5,11-13,15-16H,6-10H2,1-2H3. The molecule has 1 aliphatic carbocycles. The summed E-state index contributed by atoms with van der Waals surface area (Å²) >= 11 is 1.79. The molecule has 1 aromatic carbocycles. The summed E-state index contributed by atoms with van der Waals surface area (Å²) in [5, 5.41) is 1.20. The number of thiazole rings is 1. The fraction of sp³-hybridized carbons (Fsp3) is 0.429. The van der Waals surface area contributed by atoms with Crippen molar-refractivity contribution in [3.63, 3.8) is 0 Å². The summed E-state index contributed by atoms with van der Waals surface area (Å²) in [6, 6.07) is 4.27. The zero-order valence-corrected chi connectivity index (χ0v) is 16.1. The highest BCUT2D eigenvalue weighted by Crippen LogP contribution is 2.42. The van der Waals surface area contributed by atoms with Gasteiger partial charge in [-0.1, -0.05) is 12.2 Å². The molecule has 5 heteroatoms. The number of methoxy groups -OCH3 is 1. The van der Waals surface area contributed by atoms with Gasteiger partial charge in [0.2, 0.25) is 0 Å². The Hall–Kier alpha value is -2.14. The third-order valence-electron chi connectivity index (χ3n) is 5.50. The maximum atomic E-state index is 11.0. The van der Waals surface area contributed by atoms with Crippen LogP contribution >= 0.6 is 11.3 Å². The zero-order chi connectivity index (χ0) is 18.1. The van der Waals surface area contributed by atoms with E-state index in [9.17, 15) is 4.79 Å². The van der Waals surface area contributed by atoms with E-state index in [1.165, 1.54) is 15.4 Å². The fourth-order valence-electron chi connectivity index (χ4n) is 3.91. The van der Waals surface area contributed by atoms with E-state index in [0.29, 0.717) is 5.92 Å². The maximum Gasteiger partial charge on any atom is 0.144 e.